The molecule has 1 aliphatic carbocycles. The summed E-state index contributed by atoms with van der Waals surface area (Å²) >= 11 is 0. The van der Waals surface area contributed by atoms with Crippen LogP contribution in [0, 0.1) is 11.8 Å². The largest absolute Gasteiger partial charge is 0.456 e. The molecule has 2 fully saturated rings. The molecule has 2 heterocycles. The van der Waals surface area contributed by atoms with Crippen LogP contribution in [0.5, 0.6) is 0 Å². The van der Waals surface area contributed by atoms with Crippen molar-refractivity contribution in [3.05, 3.63) is 12.2 Å². The van der Waals surface area contributed by atoms with Crippen molar-refractivity contribution in [3.63, 3.8) is 0 Å². The molecule has 27 heavy (non-hydrogen) atoms. The van der Waals surface area contributed by atoms with E-state index in [1.54, 1.807) is 0 Å². The van der Waals surface area contributed by atoms with Gasteiger partial charge in [-0.1, -0.05) is 12.2 Å². The number of carbonyl (C=O) groups excluding carboxylic acids is 4. The van der Waals surface area contributed by atoms with E-state index in [4.69, 9.17) is 4.74 Å². The van der Waals surface area contributed by atoms with Gasteiger partial charge in [-0.15, -0.1) is 0 Å². The van der Waals surface area contributed by atoms with Crippen LogP contribution in [0.2, 0.25) is 0 Å². The number of ether oxygens (including phenoxy) is 1. The number of allylic oxidation sites excluding steroid dienone is 2. The molecule has 3 amide bonds. The topological polar surface area (TPSA) is 127 Å². The SMILES string of the molecule is O=C(COC(=O)CCN1C(=O)[C@@H]2CC=CC[C@H]2C1=O)N[C@@H]1CCS(=O)(=O)C1. The van der Waals surface area contributed by atoms with E-state index in [0.717, 1.165) is 4.90 Å². The van der Waals surface area contributed by atoms with Crippen molar-refractivity contribution in [1.82, 2.24) is 10.2 Å². The maximum absolute atomic E-state index is 12.3. The fraction of sp³-hybridized carbons (Fsp3) is 0.647. The molecular formula is C17H22N2O7S. The van der Waals surface area contributed by atoms with Crippen LogP contribution in [0.1, 0.15) is 25.7 Å². The van der Waals surface area contributed by atoms with Crippen molar-refractivity contribution in [2.75, 3.05) is 24.7 Å². The van der Waals surface area contributed by atoms with Gasteiger partial charge >= 0.3 is 5.97 Å². The van der Waals surface area contributed by atoms with Crippen molar-refractivity contribution in [2.24, 2.45) is 11.8 Å². The lowest BCUT2D eigenvalue weighted by atomic mass is 9.85. The minimum Gasteiger partial charge on any atom is -0.456 e. The quantitative estimate of drug-likeness (QED) is 0.352. The van der Waals surface area contributed by atoms with E-state index < -0.39 is 34.4 Å². The number of nitrogens with one attached hydrogen (secondary N) is 1. The predicted molar refractivity (Wildman–Crippen MR) is 92.9 cm³/mol. The number of fused-ring (bicyclic) bond motifs is 1. The Morgan fingerprint density at radius 2 is 1.78 bits per heavy atom. The summed E-state index contributed by atoms with van der Waals surface area (Å²) in [5.41, 5.74) is 0. The van der Waals surface area contributed by atoms with E-state index in [9.17, 15) is 27.6 Å². The summed E-state index contributed by atoms with van der Waals surface area (Å²) in [6.45, 7) is -0.585. The number of rotatable bonds is 6. The van der Waals surface area contributed by atoms with Crippen LogP contribution >= 0.6 is 0 Å². The number of sulfone groups is 1. The first-order valence-corrected chi connectivity index (χ1v) is 10.7. The lowest BCUT2D eigenvalue weighted by Gasteiger charge is -2.14. The van der Waals surface area contributed by atoms with Gasteiger partial charge in [-0.2, -0.15) is 0 Å². The molecule has 2 saturated heterocycles. The zero-order chi connectivity index (χ0) is 19.6. The van der Waals surface area contributed by atoms with Crippen molar-refractivity contribution in [2.45, 2.75) is 31.7 Å². The van der Waals surface area contributed by atoms with Gasteiger partial charge in [0.15, 0.2) is 16.4 Å². The first-order valence-electron chi connectivity index (χ1n) is 8.92. The maximum atomic E-state index is 12.3. The Balaban J connectivity index is 1.39. The van der Waals surface area contributed by atoms with Gasteiger partial charge in [0.25, 0.3) is 5.91 Å². The molecule has 1 N–H and O–H groups in total. The minimum atomic E-state index is -3.11. The molecule has 0 aromatic heterocycles. The highest BCUT2D eigenvalue weighted by atomic mass is 32.2. The van der Waals surface area contributed by atoms with Crippen molar-refractivity contribution in [1.29, 1.82) is 0 Å². The lowest BCUT2D eigenvalue weighted by molar-refractivity contribution is -0.150. The summed E-state index contributed by atoms with van der Waals surface area (Å²) in [5, 5.41) is 2.51. The van der Waals surface area contributed by atoms with Gasteiger partial charge in [0.05, 0.1) is 29.8 Å². The second-order valence-electron chi connectivity index (χ2n) is 7.06. The summed E-state index contributed by atoms with van der Waals surface area (Å²) in [7, 11) is -3.11. The minimum absolute atomic E-state index is 0.0349. The molecule has 148 valence electrons. The Labute approximate surface area is 157 Å². The normalized spacial score (nSPS) is 28.9. The van der Waals surface area contributed by atoms with E-state index in [0.29, 0.717) is 19.3 Å². The number of hydrogen-bond donors (Lipinski definition) is 1. The molecule has 0 radical (unpaired) electrons. The molecule has 0 aromatic carbocycles. The van der Waals surface area contributed by atoms with Gasteiger partial charge in [0.2, 0.25) is 11.8 Å². The number of nitrogens with zero attached hydrogens (tertiary/aromatic N) is 1. The van der Waals surface area contributed by atoms with Crippen LogP contribution in [0.25, 0.3) is 0 Å². The van der Waals surface area contributed by atoms with Gasteiger partial charge in [-0.05, 0) is 19.3 Å². The number of esters is 1. The van der Waals surface area contributed by atoms with Crippen LogP contribution in [0.3, 0.4) is 0 Å². The fourth-order valence-electron chi connectivity index (χ4n) is 3.69. The molecule has 10 heteroatoms. The van der Waals surface area contributed by atoms with E-state index in [-0.39, 0.29) is 48.1 Å². The Morgan fingerprint density at radius 3 is 2.33 bits per heavy atom. The lowest BCUT2D eigenvalue weighted by Crippen LogP contribution is -2.38. The Kier molecular flexibility index (Phi) is 5.64. The predicted octanol–water partition coefficient (Wildman–Crippen LogP) is -0.826. The highest BCUT2D eigenvalue weighted by Crippen LogP contribution is 2.34. The summed E-state index contributed by atoms with van der Waals surface area (Å²) in [6, 6.07) is -0.460. The maximum Gasteiger partial charge on any atom is 0.308 e. The monoisotopic (exact) mass is 398 g/mol. The van der Waals surface area contributed by atoms with E-state index in [1.165, 1.54) is 0 Å². The molecule has 0 spiro atoms. The van der Waals surface area contributed by atoms with Crippen LogP contribution in [-0.2, 0) is 33.8 Å². The number of carbonyl (C=O) groups is 4. The molecular weight excluding hydrogens is 376 g/mol. The highest BCUT2D eigenvalue weighted by Gasteiger charge is 2.46. The molecule has 0 bridgehead atoms. The van der Waals surface area contributed by atoms with E-state index >= 15 is 0 Å². The number of amides is 3. The third-order valence-electron chi connectivity index (χ3n) is 5.10. The molecule has 3 aliphatic rings. The summed E-state index contributed by atoms with van der Waals surface area (Å²) < 4.78 is 27.5. The Hall–Kier alpha value is -2.23. The zero-order valence-electron chi connectivity index (χ0n) is 14.8. The molecule has 2 aliphatic heterocycles. The smallest absolute Gasteiger partial charge is 0.308 e. The fourth-order valence-corrected chi connectivity index (χ4v) is 5.36. The molecule has 3 atom stereocenters. The van der Waals surface area contributed by atoms with Gasteiger partial charge in [-0.3, -0.25) is 24.1 Å². The van der Waals surface area contributed by atoms with E-state index in [2.05, 4.69) is 5.32 Å². The van der Waals surface area contributed by atoms with Crippen molar-refractivity contribution < 1.29 is 32.3 Å². The van der Waals surface area contributed by atoms with Gasteiger partial charge in [0, 0.05) is 12.6 Å². The standard InChI is InChI=1S/C17H22N2O7S/c20-14(18-11-6-8-27(24,25)10-11)9-26-15(21)5-7-19-16(22)12-3-1-2-4-13(12)17(19)23/h1-2,11-13H,3-10H2,(H,18,20)/t11-,12-,13-/m1/s1. The molecule has 0 aromatic rings. The summed E-state index contributed by atoms with van der Waals surface area (Å²) in [4.78, 5) is 49.2. The first-order chi connectivity index (χ1) is 12.8. The van der Waals surface area contributed by atoms with Crippen molar-refractivity contribution in [3.8, 4) is 0 Å². The molecule has 0 saturated carbocycles. The second-order valence-corrected chi connectivity index (χ2v) is 9.29. The van der Waals surface area contributed by atoms with Crippen LogP contribution in [0.15, 0.2) is 12.2 Å². The average molecular weight is 398 g/mol. The summed E-state index contributed by atoms with van der Waals surface area (Å²) in [5.74, 6) is -2.55. The molecule has 0 unspecified atom stereocenters. The van der Waals surface area contributed by atoms with Crippen LogP contribution in [0.4, 0.5) is 0 Å². The van der Waals surface area contributed by atoms with Crippen LogP contribution < -0.4 is 5.32 Å². The Bertz CT molecular complexity index is 763. The average Bonchev–Trinajstić information content (AvgIpc) is 3.09. The number of hydrogen-bond acceptors (Lipinski definition) is 7. The molecule has 3 rings (SSSR count). The van der Waals surface area contributed by atoms with Gasteiger partial charge in [-0.25, -0.2) is 8.42 Å². The second kappa shape index (κ2) is 7.79. The zero-order valence-corrected chi connectivity index (χ0v) is 15.6. The van der Waals surface area contributed by atoms with Gasteiger partial charge < -0.3 is 10.1 Å². The first kappa shape index (κ1) is 19.5. The van der Waals surface area contributed by atoms with Crippen LogP contribution in [-0.4, -0.2) is 67.7 Å². The van der Waals surface area contributed by atoms with E-state index in [1.807, 2.05) is 12.2 Å². The number of likely N-dealkylation sites (tertiary alicyclic amines) is 1. The summed E-state index contributed by atoms with van der Waals surface area (Å²) in [6.07, 6.45) is 5.00. The third-order valence-corrected chi connectivity index (χ3v) is 6.87. The molecule has 9 nitrogen and oxygen atoms in total. The van der Waals surface area contributed by atoms with Gasteiger partial charge in [0.1, 0.15) is 0 Å². The third kappa shape index (κ3) is 4.55. The van der Waals surface area contributed by atoms with Crippen molar-refractivity contribution >= 4 is 33.5 Å². The highest BCUT2D eigenvalue weighted by molar-refractivity contribution is 7.91. The Morgan fingerprint density at radius 1 is 1.15 bits per heavy atom. The number of imide groups is 1.